The quantitative estimate of drug-likeness (QED) is 0.437. The van der Waals surface area contributed by atoms with Gasteiger partial charge in [-0.2, -0.15) is 0 Å². The van der Waals surface area contributed by atoms with E-state index in [1.54, 1.807) is 0 Å². The zero-order valence-electron chi connectivity index (χ0n) is 7.75. The summed E-state index contributed by atoms with van der Waals surface area (Å²) in [5.41, 5.74) is 1.20. The third-order valence-electron chi connectivity index (χ3n) is 1.64. The van der Waals surface area contributed by atoms with Crippen molar-refractivity contribution in [2.45, 2.75) is 13.3 Å². The summed E-state index contributed by atoms with van der Waals surface area (Å²) < 4.78 is 2.82. The first-order valence-corrected chi connectivity index (χ1v) is 7.99. The van der Waals surface area contributed by atoms with Gasteiger partial charge < -0.3 is 0 Å². The molecule has 0 aliphatic carbocycles. The van der Waals surface area contributed by atoms with E-state index in [0.29, 0.717) is 14.5 Å². The van der Waals surface area contributed by atoms with E-state index in [-0.39, 0.29) is 0 Å². The van der Waals surface area contributed by atoms with E-state index < -0.39 is 0 Å². The second-order valence-corrected chi connectivity index (χ2v) is 4.77. The van der Waals surface area contributed by atoms with Crippen molar-refractivity contribution in [2.24, 2.45) is 0 Å². The Labute approximate surface area is 98.5 Å². The van der Waals surface area contributed by atoms with Crippen LogP contribution in [0.1, 0.15) is 11.5 Å². The van der Waals surface area contributed by atoms with Gasteiger partial charge in [0.05, 0.1) is 0 Å². The third-order valence-corrected chi connectivity index (χ3v) is 4.12. The summed E-state index contributed by atoms with van der Waals surface area (Å²) in [6.07, 6.45) is 1.11. The summed E-state index contributed by atoms with van der Waals surface area (Å²) in [6, 6.07) is 8.42. The molecule has 1 heterocycles. The van der Waals surface area contributed by atoms with E-state index in [1.165, 1.54) is 14.3 Å². The van der Waals surface area contributed by atoms with E-state index in [9.17, 15) is 0 Å². The van der Waals surface area contributed by atoms with Crippen LogP contribution in [0.4, 0.5) is 0 Å². The largest absolute Gasteiger partial charge is 0.0901 e. The first-order chi connectivity index (χ1) is 6.40. The molecule has 0 saturated heterocycles. The van der Waals surface area contributed by atoms with Gasteiger partial charge in [-0.05, 0) is 4.93 Å². The van der Waals surface area contributed by atoms with E-state index in [2.05, 4.69) is 58.8 Å². The Bertz CT molecular complexity index is 337. The summed E-state index contributed by atoms with van der Waals surface area (Å²) in [5.74, 6) is 0. The summed E-state index contributed by atoms with van der Waals surface area (Å²) >= 11 is 2.67. The number of halogens is 1. The van der Waals surface area contributed by atoms with Crippen LogP contribution in [0, 0.1) is 0 Å². The van der Waals surface area contributed by atoms with Crippen LogP contribution in [0.3, 0.4) is 0 Å². The van der Waals surface area contributed by atoms with Crippen LogP contribution in [0.5, 0.6) is 0 Å². The van der Waals surface area contributed by atoms with Crippen LogP contribution >= 0.6 is 22.6 Å². The molecule has 0 atom stereocenters. The number of rotatable bonds is 1. The third kappa shape index (κ3) is 2.79. The van der Waals surface area contributed by atoms with Gasteiger partial charge in [0.1, 0.15) is 0 Å². The van der Waals surface area contributed by atoms with Gasteiger partial charge in [0.15, 0.2) is 0 Å². The molecule has 0 aliphatic heterocycles. The summed E-state index contributed by atoms with van der Waals surface area (Å²) in [7, 11) is 0. The SMILES string of the molecule is CCc1nc2ccccc2[se]1.CI. The molecule has 0 bridgehead atoms. The van der Waals surface area contributed by atoms with Crippen molar-refractivity contribution >= 4 is 46.9 Å². The van der Waals surface area contributed by atoms with Gasteiger partial charge in [-0.1, -0.05) is 22.6 Å². The number of hydrogen-bond acceptors (Lipinski definition) is 1. The van der Waals surface area contributed by atoms with Crippen molar-refractivity contribution in [3.05, 3.63) is 28.8 Å². The second kappa shape index (κ2) is 5.78. The molecule has 1 aromatic carbocycles. The van der Waals surface area contributed by atoms with E-state index in [1.807, 2.05) is 4.93 Å². The summed E-state index contributed by atoms with van der Waals surface area (Å²) in [6.45, 7) is 2.17. The Hall–Kier alpha value is 0.139. The van der Waals surface area contributed by atoms with Crippen LogP contribution in [-0.4, -0.2) is 24.4 Å². The molecule has 1 aromatic heterocycles. The molecule has 1 nitrogen and oxygen atoms in total. The first kappa shape index (κ1) is 11.2. The van der Waals surface area contributed by atoms with E-state index in [0.717, 1.165) is 6.42 Å². The van der Waals surface area contributed by atoms with Gasteiger partial charge in [-0.3, -0.25) is 0 Å². The zero-order chi connectivity index (χ0) is 9.68. The fraction of sp³-hybridized carbons (Fsp3) is 0.300. The van der Waals surface area contributed by atoms with Crippen LogP contribution in [0.15, 0.2) is 24.3 Å². The molecular formula is C10H12INSe. The van der Waals surface area contributed by atoms with Gasteiger partial charge in [-0.15, -0.1) is 0 Å². The molecule has 0 N–H and O–H groups in total. The van der Waals surface area contributed by atoms with Crippen LogP contribution < -0.4 is 0 Å². The minimum Gasteiger partial charge on any atom is -0.0901 e. The fourth-order valence-electron chi connectivity index (χ4n) is 1.07. The number of hydrogen-bond donors (Lipinski definition) is 0. The number of benzene rings is 1. The molecule has 0 radical (unpaired) electrons. The fourth-order valence-corrected chi connectivity index (χ4v) is 2.97. The standard InChI is InChI=1S/C9H9NSe.CH3I/c1-2-9-10-7-5-3-4-6-8(7)11-9;1-2/h3-6H,2H2,1H3;1H3. The van der Waals surface area contributed by atoms with Crippen molar-refractivity contribution in [1.82, 2.24) is 4.98 Å². The number of para-hydroxylation sites is 1. The average molecular weight is 352 g/mol. The summed E-state index contributed by atoms with van der Waals surface area (Å²) in [5, 5.41) is 0. The number of aryl methyl sites for hydroxylation is 1. The molecule has 0 saturated carbocycles. The number of nitrogens with zero attached hydrogens (tertiary/aromatic N) is 1. The van der Waals surface area contributed by atoms with Gasteiger partial charge in [0.25, 0.3) is 0 Å². The predicted molar refractivity (Wildman–Crippen MR) is 68.0 cm³/mol. The molecule has 2 aromatic rings. The maximum atomic E-state index is 4.51. The van der Waals surface area contributed by atoms with Crippen molar-refractivity contribution in [1.29, 1.82) is 0 Å². The normalized spacial score (nSPS) is 9.46. The Balaban J connectivity index is 0.000000396. The van der Waals surface area contributed by atoms with Crippen molar-refractivity contribution in [3.63, 3.8) is 0 Å². The van der Waals surface area contributed by atoms with E-state index in [4.69, 9.17) is 0 Å². The Morgan fingerprint density at radius 3 is 2.62 bits per heavy atom. The first-order valence-electron chi connectivity index (χ1n) is 4.12. The topological polar surface area (TPSA) is 12.9 Å². The molecule has 13 heavy (non-hydrogen) atoms. The molecule has 0 aliphatic rings. The number of fused-ring (bicyclic) bond motifs is 1. The van der Waals surface area contributed by atoms with Gasteiger partial charge in [0, 0.05) is 0 Å². The molecule has 0 fully saturated rings. The number of alkyl halides is 1. The summed E-state index contributed by atoms with van der Waals surface area (Å²) in [4.78, 5) is 6.48. The molecule has 0 spiro atoms. The minimum absolute atomic E-state index is 0.519. The predicted octanol–water partition coefficient (Wildman–Crippen LogP) is 2.91. The maximum absolute atomic E-state index is 4.51. The van der Waals surface area contributed by atoms with E-state index >= 15 is 0 Å². The van der Waals surface area contributed by atoms with Gasteiger partial charge in [0.2, 0.25) is 0 Å². The monoisotopic (exact) mass is 353 g/mol. The Morgan fingerprint density at radius 2 is 2.00 bits per heavy atom. The van der Waals surface area contributed by atoms with Crippen molar-refractivity contribution < 1.29 is 0 Å². The van der Waals surface area contributed by atoms with Crippen molar-refractivity contribution in [2.75, 3.05) is 4.93 Å². The Kier molecular flexibility index (Phi) is 4.99. The second-order valence-electron chi connectivity index (χ2n) is 2.43. The Morgan fingerprint density at radius 1 is 1.31 bits per heavy atom. The molecule has 0 unspecified atom stereocenters. The maximum Gasteiger partial charge on any atom is -0.0121 e. The van der Waals surface area contributed by atoms with Crippen LogP contribution in [-0.2, 0) is 6.42 Å². The van der Waals surface area contributed by atoms with Gasteiger partial charge >= 0.3 is 71.4 Å². The molecule has 2 rings (SSSR count). The average Bonchev–Trinajstić information content (AvgIpc) is 2.63. The van der Waals surface area contributed by atoms with Crippen LogP contribution in [0.2, 0.25) is 0 Å². The minimum atomic E-state index is 0.519. The van der Waals surface area contributed by atoms with Crippen molar-refractivity contribution in [3.8, 4) is 0 Å². The smallest absolute Gasteiger partial charge is 0.0121 e. The van der Waals surface area contributed by atoms with Gasteiger partial charge in [-0.25, -0.2) is 0 Å². The molecular weight excluding hydrogens is 340 g/mol. The molecule has 0 amide bonds. The number of aromatic nitrogens is 1. The molecule has 3 heteroatoms. The molecule has 70 valence electrons. The zero-order valence-corrected chi connectivity index (χ0v) is 11.6. The van der Waals surface area contributed by atoms with Crippen LogP contribution in [0.25, 0.3) is 9.78 Å².